The number of hydrogen-bond donors (Lipinski definition) is 1. The van der Waals surface area contributed by atoms with Crippen LogP contribution < -0.4 is 10.2 Å². The first-order chi connectivity index (χ1) is 18.0. The summed E-state index contributed by atoms with van der Waals surface area (Å²) >= 11 is 0. The lowest BCUT2D eigenvalue weighted by molar-refractivity contribution is -0.143. The number of nitrogens with one attached hydrogen (secondary N) is 1. The van der Waals surface area contributed by atoms with Crippen molar-refractivity contribution in [3.63, 3.8) is 0 Å². The Morgan fingerprint density at radius 2 is 1.73 bits per heavy atom. The Kier molecular flexibility index (Phi) is 6.63. The summed E-state index contributed by atoms with van der Waals surface area (Å²) in [5, 5.41) is 7.46. The van der Waals surface area contributed by atoms with Crippen LogP contribution in [0.25, 0.3) is 23.0 Å². The molecule has 2 amide bonds. The maximum Gasteiger partial charge on any atom is 0.331 e. The Morgan fingerprint density at radius 3 is 2.51 bits per heavy atom. The predicted molar refractivity (Wildman–Crippen MR) is 141 cm³/mol. The number of carbonyl (C=O) groups excluding carboxylic acids is 3. The molecule has 8 nitrogen and oxygen atoms in total. The average Bonchev–Trinajstić information content (AvgIpc) is 3.35. The standard InChI is InChI=1S/C29H24N4O4/c1-20-11-13-21(14-12-20)29-22(17-33(31-29)23-7-3-2-4-8-23)15-16-28(36)37-19-27(35)32-18-26(34)30-24-9-5-6-10-25(24)32/h2-17H,18-19H2,1H3,(H,30,34)/b16-15+. The molecule has 0 atom stereocenters. The number of benzene rings is 3. The molecule has 0 fully saturated rings. The van der Waals surface area contributed by atoms with E-state index in [4.69, 9.17) is 9.84 Å². The average molecular weight is 493 g/mol. The van der Waals surface area contributed by atoms with Gasteiger partial charge in [-0.15, -0.1) is 0 Å². The smallest absolute Gasteiger partial charge is 0.331 e. The molecule has 8 heteroatoms. The Bertz CT molecular complexity index is 1490. The summed E-state index contributed by atoms with van der Waals surface area (Å²) in [6, 6.07) is 24.6. The van der Waals surface area contributed by atoms with Crippen molar-refractivity contribution in [3.8, 4) is 16.9 Å². The second kappa shape index (κ2) is 10.3. The van der Waals surface area contributed by atoms with Gasteiger partial charge in [0.05, 0.1) is 22.8 Å². The molecule has 2 heterocycles. The minimum atomic E-state index is -0.676. The van der Waals surface area contributed by atoms with Crippen LogP contribution in [0.2, 0.25) is 0 Å². The molecular weight excluding hydrogens is 468 g/mol. The number of aryl methyl sites for hydroxylation is 1. The normalized spacial score (nSPS) is 12.8. The summed E-state index contributed by atoms with van der Waals surface area (Å²) in [6.45, 7) is 1.39. The van der Waals surface area contributed by atoms with Gasteiger partial charge in [-0.05, 0) is 37.3 Å². The molecule has 4 aromatic rings. The highest BCUT2D eigenvalue weighted by molar-refractivity contribution is 6.10. The zero-order valence-corrected chi connectivity index (χ0v) is 20.1. The number of rotatable bonds is 6. The van der Waals surface area contributed by atoms with E-state index in [0.29, 0.717) is 17.1 Å². The lowest BCUT2D eigenvalue weighted by Crippen LogP contribution is -2.43. The van der Waals surface area contributed by atoms with Gasteiger partial charge in [-0.3, -0.25) is 14.5 Å². The van der Waals surface area contributed by atoms with Crippen molar-refractivity contribution in [1.29, 1.82) is 0 Å². The molecule has 3 aromatic carbocycles. The van der Waals surface area contributed by atoms with E-state index in [9.17, 15) is 14.4 Å². The summed E-state index contributed by atoms with van der Waals surface area (Å²) < 4.78 is 6.96. The molecule has 0 saturated heterocycles. The summed E-state index contributed by atoms with van der Waals surface area (Å²) in [7, 11) is 0. The van der Waals surface area contributed by atoms with E-state index in [2.05, 4.69) is 5.32 Å². The van der Waals surface area contributed by atoms with Crippen molar-refractivity contribution in [2.75, 3.05) is 23.4 Å². The van der Waals surface area contributed by atoms with E-state index in [1.165, 1.54) is 11.0 Å². The van der Waals surface area contributed by atoms with Crippen molar-refractivity contribution < 1.29 is 19.1 Å². The Hall–Kier alpha value is -4.98. The molecule has 0 aliphatic carbocycles. The first kappa shape index (κ1) is 23.7. The van der Waals surface area contributed by atoms with Crippen molar-refractivity contribution in [2.24, 2.45) is 0 Å². The van der Waals surface area contributed by atoms with Gasteiger partial charge in [-0.2, -0.15) is 5.10 Å². The number of hydrogen-bond acceptors (Lipinski definition) is 5. The molecule has 1 aromatic heterocycles. The molecular formula is C29H24N4O4. The number of ether oxygens (including phenoxy) is 1. The molecule has 184 valence electrons. The highest BCUT2D eigenvalue weighted by Crippen LogP contribution is 2.29. The first-order valence-electron chi connectivity index (χ1n) is 11.7. The number of fused-ring (bicyclic) bond motifs is 1. The largest absolute Gasteiger partial charge is 0.452 e. The van der Waals surface area contributed by atoms with Crippen LogP contribution >= 0.6 is 0 Å². The maximum absolute atomic E-state index is 12.7. The van der Waals surface area contributed by atoms with Gasteiger partial charge < -0.3 is 10.1 Å². The molecule has 0 radical (unpaired) electrons. The second-order valence-corrected chi connectivity index (χ2v) is 8.57. The molecule has 1 aliphatic rings. The minimum Gasteiger partial charge on any atom is -0.452 e. The highest BCUT2D eigenvalue weighted by Gasteiger charge is 2.27. The third kappa shape index (κ3) is 5.33. The van der Waals surface area contributed by atoms with Crippen LogP contribution in [0.15, 0.2) is 91.1 Å². The van der Waals surface area contributed by atoms with Crippen molar-refractivity contribution >= 4 is 35.2 Å². The number of para-hydroxylation sites is 3. The van der Waals surface area contributed by atoms with Gasteiger partial charge in [0.1, 0.15) is 6.54 Å². The topological polar surface area (TPSA) is 93.5 Å². The van der Waals surface area contributed by atoms with E-state index < -0.39 is 18.5 Å². The highest BCUT2D eigenvalue weighted by atomic mass is 16.5. The van der Waals surface area contributed by atoms with E-state index >= 15 is 0 Å². The Morgan fingerprint density at radius 1 is 1.00 bits per heavy atom. The lowest BCUT2D eigenvalue weighted by Gasteiger charge is -2.28. The summed E-state index contributed by atoms with van der Waals surface area (Å²) in [5.74, 6) is -1.47. The van der Waals surface area contributed by atoms with Crippen LogP contribution in [-0.4, -0.2) is 40.7 Å². The zero-order valence-electron chi connectivity index (χ0n) is 20.1. The number of aromatic nitrogens is 2. The molecule has 0 spiro atoms. The Labute approximate surface area is 213 Å². The summed E-state index contributed by atoms with van der Waals surface area (Å²) in [6.07, 6.45) is 4.73. The third-order valence-electron chi connectivity index (χ3n) is 5.90. The van der Waals surface area contributed by atoms with Gasteiger partial charge in [-0.25, -0.2) is 9.48 Å². The van der Waals surface area contributed by atoms with Crippen LogP contribution in [0.3, 0.4) is 0 Å². The van der Waals surface area contributed by atoms with Crippen molar-refractivity contribution in [2.45, 2.75) is 6.92 Å². The van der Waals surface area contributed by atoms with Crippen LogP contribution in [0.4, 0.5) is 11.4 Å². The third-order valence-corrected chi connectivity index (χ3v) is 5.90. The van der Waals surface area contributed by atoms with Gasteiger partial charge in [-0.1, -0.05) is 60.2 Å². The van der Waals surface area contributed by atoms with Crippen LogP contribution in [0.1, 0.15) is 11.1 Å². The molecule has 0 bridgehead atoms. The molecule has 1 aliphatic heterocycles. The molecule has 0 saturated carbocycles. The number of carbonyl (C=O) groups is 3. The van der Waals surface area contributed by atoms with E-state index in [-0.39, 0.29) is 12.5 Å². The zero-order chi connectivity index (χ0) is 25.8. The summed E-state index contributed by atoms with van der Waals surface area (Å²) in [4.78, 5) is 38.5. The maximum atomic E-state index is 12.7. The SMILES string of the molecule is Cc1ccc(-c2nn(-c3ccccc3)cc2/C=C/C(=O)OCC(=O)N2CC(=O)Nc3ccccc32)cc1. The van der Waals surface area contributed by atoms with E-state index in [0.717, 1.165) is 22.4 Å². The first-order valence-corrected chi connectivity index (χ1v) is 11.7. The second-order valence-electron chi connectivity index (χ2n) is 8.57. The molecule has 1 N–H and O–H groups in total. The number of esters is 1. The summed E-state index contributed by atoms with van der Waals surface area (Å²) in [5.41, 5.74) is 5.45. The van der Waals surface area contributed by atoms with Crippen LogP contribution in [0, 0.1) is 6.92 Å². The van der Waals surface area contributed by atoms with Crippen LogP contribution in [0.5, 0.6) is 0 Å². The molecule has 5 rings (SSSR count). The quantitative estimate of drug-likeness (QED) is 0.318. The van der Waals surface area contributed by atoms with Crippen molar-refractivity contribution in [3.05, 3.63) is 102 Å². The van der Waals surface area contributed by atoms with E-state index in [1.807, 2.05) is 67.7 Å². The van der Waals surface area contributed by atoms with Gasteiger partial charge in [0.2, 0.25) is 5.91 Å². The number of nitrogens with zero attached hydrogens (tertiary/aromatic N) is 3. The molecule has 0 unspecified atom stereocenters. The predicted octanol–water partition coefficient (Wildman–Crippen LogP) is 4.39. The van der Waals surface area contributed by atoms with Gasteiger partial charge in [0.25, 0.3) is 5.91 Å². The fraction of sp³-hybridized carbons (Fsp3) is 0.103. The Balaban J connectivity index is 1.32. The van der Waals surface area contributed by atoms with Gasteiger partial charge >= 0.3 is 5.97 Å². The minimum absolute atomic E-state index is 0.137. The van der Waals surface area contributed by atoms with Crippen molar-refractivity contribution in [1.82, 2.24) is 9.78 Å². The monoisotopic (exact) mass is 492 g/mol. The van der Waals surface area contributed by atoms with E-state index in [1.54, 1.807) is 35.0 Å². The van der Waals surface area contributed by atoms with Crippen LogP contribution in [-0.2, 0) is 19.1 Å². The fourth-order valence-corrected chi connectivity index (χ4v) is 4.03. The molecule has 37 heavy (non-hydrogen) atoms. The van der Waals surface area contributed by atoms with Gasteiger partial charge in [0.15, 0.2) is 6.61 Å². The van der Waals surface area contributed by atoms with Gasteiger partial charge in [0, 0.05) is 23.4 Å². The number of anilines is 2. The lowest BCUT2D eigenvalue weighted by atomic mass is 10.1. The number of amides is 2. The fourth-order valence-electron chi connectivity index (χ4n) is 4.03.